The van der Waals surface area contributed by atoms with Gasteiger partial charge >= 0.3 is 0 Å². The second-order valence-corrected chi connectivity index (χ2v) is 6.93. The van der Waals surface area contributed by atoms with E-state index in [4.69, 9.17) is 22.1 Å². The van der Waals surface area contributed by atoms with Gasteiger partial charge < -0.3 is 15.4 Å². The number of halogens is 1. The maximum absolute atomic E-state index is 6.32. The lowest BCUT2D eigenvalue weighted by atomic mass is 9.88. The van der Waals surface area contributed by atoms with Crippen molar-refractivity contribution in [3.63, 3.8) is 0 Å². The number of hydrogen-bond donors (Lipinski definition) is 1. The number of benzene rings is 2. The molecular formula is C20H25ClN2O. The molecule has 3 nitrogen and oxygen atoms in total. The molecule has 3 rings (SSSR count). The van der Waals surface area contributed by atoms with Crippen LogP contribution in [0.4, 0.5) is 5.69 Å². The summed E-state index contributed by atoms with van der Waals surface area (Å²) >= 11 is 6.01. The van der Waals surface area contributed by atoms with Crippen molar-refractivity contribution in [2.45, 2.75) is 31.7 Å². The van der Waals surface area contributed by atoms with E-state index in [2.05, 4.69) is 36.1 Å². The number of piperidine rings is 1. The lowest BCUT2D eigenvalue weighted by Gasteiger charge is -2.38. The SMILES string of the molecule is CCCOc1ccc(N2CC(N)CC(c3ccc(Cl)cc3)C2)cc1. The highest BCUT2D eigenvalue weighted by Crippen LogP contribution is 2.31. The van der Waals surface area contributed by atoms with Crippen LogP contribution in [0.15, 0.2) is 48.5 Å². The molecule has 0 radical (unpaired) electrons. The summed E-state index contributed by atoms with van der Waals surface area (Å²) in [6, 6.07) is 16.7. The predicted octanol–water partition coefficient (Wildman–Crippen LogP) is 4.45. The summed E-state index contributed by atoms with van der Waals surface area (Å²) in [6.45, 7) is 4.73. The van der Waals surface area contributed by atoms with E-state index in [0.717, 1.165) is 43.3 Å². The third kappa shape index (κ3) is 4.22. The second-order valence-electron chi connectivity index (χ2n) is 6.49. The van der Waals surface area contributed by atoms with E-state index >= 15 is 0 Å². The van der Waals surface area contributed by atoms with Crippen LogP contribution >= 0.6 is 11.6 Å². The van der Waals surface area contributed by atoms with Gasteiger partial charge in [-0.15, -0.1) is 0 Å². The second kappa shape index (κ2) is 7.91. The monoisotopic (exact) mass is 344 g/mol. The molecule has 4 heteroatoms. The number of rotatable bonds is 5. The van der Waals surface area contributed by atoms with E-state index in [1.165, 1.54) is 11.3 Å². The molecule has 1 saturated heterocycles. The summed E-state index contributed by atoms with van der Waals surface area (Å²) in [5, 5.41) is 0.776. The average molecular weight is 345 g/mol. The molecule has 1 aliphatic rings. The van der Waals surface area contributed by atoms with Crippen molar-refractivity contribution in [3.8, 4) is 5.75 Å². The van der Waals surface area contributed by atoms with Crippen molar-refractivity contribution in [3.05, 3.63) is 59.1 Å². The Morgan fingerprint density at radius 3 is 2.46 bits per heavy atom. The Hall–Kier alpha value is -1.71. The Morgan fingerprint density at radius 2 is 1.79 bits per heavy atom. The minimum Gasteiger partial charge on any atom is -0.494 e. The minimum absolute atomic E-state index is 0.176. The minimum atomic E-state index is 0.176. The predicted molar refractivity (Wildman–Crippen MR) is 101 cm³/mol. The van der Waals surface area contributed by atoms with E-state index < -0.39 is 0 Å². The fraction of sp³-hybridized carbons (Fsp3) is 0.400. The molecule has 1 aliphatic heterocycles. The summed E-state index contributed by atoms with van der Waals surface area (Å²) in [5.41, 5.74) is 8.83. The first-order valence-corrected chi connectivity index (χ1v) is 9.02. The Morgan fingerprint density at radius 1 is 1.08 bits per heavy atom. The van der Waals surface area contributed by atoms with Gasteiger partial charge in [-0.05, 0) is 54.8 Å². The Balaban J connectivity index is 1.72. The van der Waals surface area contributed by atoms with Crippen molar-refractivity contribution < 1.29 is 4.74 Å². The van der Waals surface area contributed by atoms with Crippen molar-refractivity contribution in [1.82, 2.24) is 0 Å². The average Bonchev–Trinajstić information content (AvgIpc) is 2.60. The maximum Gasteiger partial charge on any atom is 0.119 e. The van der Waals surface area contributed by atoms with Gasteiger partial charge in [0.1, 0.15) is 5.75 Å². The molecule has 24 heavy (non-hydrogen) atoms. The number of anilines is 1. The lowest BCUT2D eigenvalue weighted by molar-refractivity contribution is 0.317. The van der Waals surface area contributed by atoms with Gasteiger partial charge in [0.15, 0.2) is 0 Å². The molecule has 0 bridgehead atoms. The summed E-state index contributed by atoms with van der Waals surface area (Å²) in [6.07, 6.45) is 2.03. The highest BCUT2D eigenvalue weighted by atomic mass is 35.5. The number of ether oxygens (including phenoxy) is 1. The van der Waals surface area contributed by atoms with Gasteiger partial charge in [0.2, 0.25) is 0 Å². The largest absolute Gasteiger partial charge is 0.494 e. The van der Waals surface area contributed by atoms with Crippen LogP contribution in [0.1, 0.15) is 31.2 Å². The number of hydrogen-bond acceptors (Lipinski definition) is 3. The number of nitrogens with two attached hydrogens (primary N) is 1. The van der Waals surface area contributed by atoms with Gasteiger partial charge in [-0.1, -0.05) is 30.7 Å². The first kappa shape index (κ1) is 17.1. The van der Waals surface area contributed by atoms with Crippen LogP contribution in [-0.2, 0) is 0 Å². The maximum atomic E-state index is 6.32. The summed E-state index contributed by atoms with van der Waals surface area (Å²) in [7, 11) is 0. The summed E-state index contributed by atoms with van der Waals surface area (Å²) in [4.78, 5) is 2.37. The van der Waals surface area contributed by atoms with Crippen molar-refractivity contribution in [2.24, 2.45) is 5.73 Å². The standard InChI is InChI=1S/C20H25ClN2O/c1-2-11-24-20-9-7-19(8-10-20)23-13-16(12-18(22)14-23)15-3-5-17(21)6-4-15/h3-10,16,18H,2,11-14,22H2,1H3. The van der Waals surface area contributed by atoms with Gasteiger partial charge in [-0.2, -0.15) is 0 Å². The van der Waals surface area contributed by atoms with Gasteiger partial charge in [0, 0.05) is 35.8 Å². The summed E-state index contributed by atoms with van der Waals surface area (Å²) < 4.78 is 5.66. The molecule has 2 aromatic carbocycles. The van der Waals surface area contributed by atoms with Gasteiger partial charge in [-0.3, -0.25) is 0 Å². The first-order valence-electron chi connectivity index (χ1n) is 8.64. The van der Waals surface area contributed by atoms with E-state index in [-0.39, 0.29) is 6.04 Å². The quantitative estimate of drug-likeness (QED) is 0.870. The zero-order valence-corrected chi connectivity index (χ0v) is 14.9. The van der Waals surface area contributed by atoms with Crippen LogP contribution in [0.3, 0.4) is 0 Å². The highest BCUT2D eigenvalue weighted by Gasteiger charge is 2.26. The molecule has 2 unspecified atom stereocenters. The van der Waals surface area contributed by atoms with Gasteiger partial charge in [0.25, 0.3) is 0 Å². The van der Waals surface area contributed by atoms with Crippen LogP contribution < -0.4 is 15.4 Å². The molecule has 2 aromatic rings. The van der Waals surface area contributed by atoms with E-state index in [1.807, 2.05) is 24.3 Å². The number of nitrogens with zero attached hydrogens (tertiary/aromatic N) is 1. The normalized spacial score (nSPS) is 20.9. The fourth-order valence-electron chi connectivity index (χ4n) is 3.30. The van der Waals surface area contributed by atoms with Crippen LogP contribution in [0.2, 0.25) is 5.02 Å². The molecule has 1 fully saturated rings. The van der Waals surface area contributed by atoms with Crippen molar-refractivity contribution >= 4 is 17.3 Å². The van der Waals surface area contributed by atoms with Crippen molar-refractivity contribution in [2.75, 3.05) is 24.6 Å². The van der Waals surface area contributed by atoms with Crippen LogP contribution in [0.25, 0.3) is 0 Å². The molecule has 0 saturated carbocycles. The van der Waals surface area contributed by atoms with E-state index in [9.17, 15) is 0 Å². The van der Waals surface area contributed by atoms with E-state index in [0.29, 0.717) is 5.92 Å². The molecule has 0 aliphatic carbocycles. The first-order chi connectivity index (χ1) is 11.7. The molecule has 2 atom stereocenters. The molecule has 2 N–H and O–H groups in total. The zero-order chi connectivity index (χ0) is 16.9. The topological polar surface area (TPSA) is 38.5 Å². The third-order valence-corrected chi connectivity index (χ3v) is 4.75. The smallest absolute Gasteiger partial charge is 0.119 e. The molecule has 0 spiro atoms. The summed E-state index contributed by atoms with van der Waals surface area (Å²) in [5.74, 6) is 1.36. The van der Waals surface area contributed by atoms with Gasteiger partial charge in [-0.25, -0.2) is 0 Å². The third-order valence-electron chi connectivity index (χ3n) is 4.50. The zero-order valence-electron chi connectivity index (χ0n) is 14.1. The van der Waals surface area contributed by atoms with E-state index in [1.54, 1.807) is 0 Å². The molecule has 0 amide bonds. The van der Waals surface area contributed by atoms with Crippen LogP contribution in [-0.4, -0.2) is 25.7 Å². The van der Waals surface area contributed by atoms with Crippen molar-refractivity contribution in [1.29, 1.82) is 0 Å². The molecule has 1 heterocycles. The molecular weight excluding hydrogens is 320 g/mol. The Bertz CT molecular complexity index is 642. The Kier molecular flexibility index (Phi) is 5.64. The van der Waals surface area contributed by atoms with Gasteiger partial charge in [0.05, 0.1) is 6.61 Å². The Labute approximate surface area is 149 Å². The lowest BCUT2D eigenvalue weighted by Crippen LogP contribution is -2.46. The molecule has 0 aromatic heterocycles. The van der Waals surface area contributed by atoms with Crippen LogP contribution in [0, 0.1) is 0 Å². The highest BCUT2D eigenvalue weighted by molar-refractivity contribution is 6.30. The fourth-order valence-corrected chi connectivity index (χ4v) is 3.42. The molecule has 128 valence electrons. The van der Waals surface area contributed by atoms with Crippen LogP contribution in [0.5, 0.6) is 5.75 Å².